The number of carbonyl (C=O) groups excluding carboxylic acids is 2. The van der Waals surface area contributed by atoms with Crippen molar-refractivity contribution in [3.05, 3.63) is 41.2 Å². The molecule has 1 unspecified atom stereocenters. The van der Waals surface area contributed by atoms with Crippen LogP contribution in [0.4, 0.5) is 4.79 Å². The molecular formula is C24H32N2O6. The number of rotatable bonds is 3. The molecule has 8 heteroatoms. The topological polar surface area (TPSA) is 97.7 Å². The van der Waals surface area contributed by atoms with Crippen LogP contribution in [0, 0.1) is 6.92 Å². The third-order valence-electron chi connectivity index (χ3n) is 5.87. The summed E-state index contributed by atoms with van der Waals surface area (Å²) in [7, 11) is 1.30. The maximum atomic E-state index is 12.9. The normalized spacial score (nSPS) is 23.9. The molecule has 0 saturated carbocycles. The average Bonchev–Trinajstić information content (AvgIpc) is 3.11. The quantitative estimate of drug-likeness (QED) is 0.323. The van der Waals surface area contributed by atoms with E-state index in [4.69, 9.17) is 14.2 Å². The van der Waals surface area contributed by atoms with Gasteiger partial charge in [0.25, 0.3) is 0 Å². The molecule has 1 aromatic rings. The summed E-state index contributed by atoms with van der Waals surface area (Å²) in [5, 5.41) is 12.9. The van der Waals surface area contributed by atoms with E-state index in [2.05, 4.69) is 5.16 Å². The first-order valence-electron chi connectivity index (χ1n) is 10.7. The van der Waals surface area contributed by atoms with E-state index in [-0.39, 0.29) is 13.0 Å². The van der Waals surface area contributed by atoms with E-state index in [1.165, 1.54) is 12.0 Å². The summed E-state index contributed by atoms with van der Waals surface area (Å²) in [6, 6.07) is 7.13. The Balaban J connectivity index is 1.99. The van der Waals surface area contributed by atoms with Crippen LogP contribution in [-0.2, 0) is 19.0 Å². The summed E-state index contributed by atoms with van der Waals surface area (Å²) < 4.78 is 17.0. The number of nitrogens with zero attached hydrogens (tertiary/aromatic N) is 2. The van der Waals surface area contributed by atoms with Gasteiger partial charge in [-0.05, 0) is 58.6 Å². The molecule has 1 spiro atoms. The number of benzene rings is 1. The van der Waals surface area contributed by atoms with Crippen LogP contribution in [0.5, 0.6) is 0 Å². The second kappa shape index (κ2) is 8.84. The largest absolute Gasteiger partial charge is 0.483 e. The van der Waals surface area contributed by atoms with Gasteiger partial charge in [0.05, 0.1) is 13.7 Å². The molecular weight excluding hydrogens is 412 g/mol. The maximum Gasteiger partial charge on any atom is 0.411 e. The van der Waals surface area contributed by atoms with Crippen molar-refractivity contribution in [1.29, 1.82) is 0 Å². The summed E-state index contributed by atoms with van der Waals surface area (Å²) >= 11 is 0. The highest BCUT2D eigenvalue weighted by atomic mass is 16.6. The van der Waals surface area contributed by atoms with Crippen molar-refractivity contribution in [2.24, 2.45) is 5.16 Å². The minimum atomic E-state index is -0.817. The second-order valence-corrected chi connectivity index (χ2v) is 9.44. The lowest BCUT2D eigenvalue weighted by Gasteiger charge is -2.37. The fourth-order valence-corrected chi connectivity index (χ4v) is 4.36. The molecule has 1 amide bonds. The van der Waals surface area contributed by atoms with Gasteiger partial charge in [-0.25, -0.2) is 9.59 Å². The summed E-state index contributed by atoms with van der Waals surface area (Å²) in [5.41, 5.74) is 1.86. The highest BCUT2D eigenvalue weighted by Crippen LogP contribution is 2.45. The van der Waals surface area contributed by atoms with Crippen molar-refractivity contribution in [2.75, 3.05) is 13.7 Å². The van der Waals surface area contributed by atoms with E-state index in [1.807, 2.05) is 31.2 Å². The van der Waals surface area contributed by atoms with Crippen LogP contribution >= 0.6 is 0 Å². The zero-order valence-corrected chi connectivity index (χ0v) is 19.6. The fourth-order valence-electron chi connectivity index (χ4n) is 4.36. The number of ether oxygens (including phenoxy) is 3. The molecule has 0 aromatic heterocycles. The zero-order valence-electron chi connectivity index (χ0n) is 19.6. The van der Waals surface area contributed by atoms with E-state index in [0.29, 0.717) is 24.3 Å². The molecule has 0 aliphatic carbocycles. The van der Waals surface area contributed by atoms with E-state index in [1.54, 1.807) is 27.7 Å². The molecule has 32 heavy (non-hydrogen) atoms. The SMILES string of the molecule is COC(=O)[C@@H]1CC2(CCC(c3ccccc3C)=C(/C(C)=N/O)O2)CN1C(=O)OC(C)(C)C. The molecule has 0 bridgehead atoms. The monoisotopic (exact) mass is 444 g/mol. The van der Waals surface area contributed by atoms with Crippen molar-refractivity contribution in [3.63, 3.8) is 0 Å². The van der Waals surface area contributed by atoms with Gasteiger partial charge >= 0.3 is 12.1 Å². The van der Waals surface area contributed by atoms with Crippen LogP contribution in [0.25, 0.3) is 5.57 Å². The summed E-state index contributed by atoms with van der Waals surface area (Å²) in [5.74, 6) is -0.0400. The Labute approximate surface area is 188 Å². The standard InChI is InChI=1S/C24H32N2O6/c1-15-9-7-8-10-17(15)18-11-12-24(31-20(18)16(2)25-29)13-19(21(27)30-6)26(14-24)22(28)32-23(3,4)5/h7-10,19,29H,11-14H2,1-6H3/b25-16+/t19-,24?/m0/s1. The Morgan fingerprint density at radius 1 is 1.28 bits per heavy atom. The Morgan fingerprint density at radius 3 is 2.56 bits per heavy atom. The summed E-state index contributed by atoms with van der Waals surface area (Å²) in [6.45, 7) is 9.19. The van der Waals surface area contributed by atoms with Gasteiger partial charge in [-0.2, -0.15) is 0 Å². The van der Waals surface area contributed by atoms with Crippen molar-refractivity contribution in [1.82, 2.24) is 4.90 Å². The highest BCUT2D eigenvalue weighted by molar-refractivity contribution is 6.03. The molecule has 2 aliphatic rings. The first-order valence-corrected chi connectivity index (χ1v) is 10.7. The van der Waals surface area contributed by atoms with E-state index in [0.717, 1.165) is 16.7 Å². The molecule has 3 rings (SSSR count). The number of amides is 1. The maximum absolute atomic E-state index is 12.9. The number of esters is 1. The van der Waals surface area contributed by atoms with Gasteiger partial charge < -0.3 is 19.4 Å². The van der Waals surface area contributed by atoms with Crippen LogP contribution in [0.15, 0.2) is 35.2 Å². The highest BCUT2D eigenvalue weighted by Gasteiger charge is 2.53. The average molecular weight is 445 g/mol. The molecule has 2 heterocycles. The van der Waals surface area contributed by atoms with Gasteiger partial charge in [0.15, 0.2) is 0 Å². The Bertz CT molecular complexity index is 961. The predicted molar refractivity (Wildman–Crippen MR) is 119 cm³/mol. The van der Waals surface area contributed by atoms with Crippen molar-refractivity contribution in [3.8, 4) is 0 Å². The molecule has 2 aliphatic heterocycles. The lowest BCUT2D eigenvalue weighted by molar-refractivity contribution is -0.145. The first kappa shape index (κ1) is 23.6. The number of methoxy groups -OCH3 is 1. The fraction of sp³-hybridized carbons (Fsp3) is 0.542. The van der Waals surface area contributed by atoms with Gasteiger partial charge in [-0.3, -0.25) is 4.90 Å². The van der Waals surface area contributed by atoms with Crippen LogP contribution in [0.1, 0.15) is 58.1 Å². The number of hydrogen-bond acceptors (Lipinski definition) is 7. The van der Waals surface area contributed by atoms with Gasteiger partial charge in [0.1, 0.15) is 28.7 Å². The zero-order chi connectivity index (χ0) is 23.7. The smallest absolute Gasteiger partial charge is 0.411 e. The number of carbonyl (C=O) groups is 2. The van der Waals surface area contributed by atoms with Crippen molar-refractivity contribution in [2.45, 2.75) is 71.1 Å². The predicted octanol–water partition coefficient (Wildman–Crippen LogP) is 4.29. The van der Waals surface area contributed by atoms with E-state index in [9.17, 15) is 14.8 Å². The minimum Gasteiger partial charge on any atom is -0.483 e. The molecule has 2 atom stereocenters. The van der Waals surface area contributed by atoms with Crippen molar-refractivity contribution >= 4 is 23.3 Å². The van der Waals surface area contributed by atoms with Gasteiger partial charge in [0, 0.05) is 12.0 Å². The van der Waals surface area contributed by atoms with E-state index < -0.39 is 29.3 Å². The third kappa shape index (κ3) is 4.74. The van der Waals surface area contributed by atoms with Crippen LogP contribution in [0.3, 0.4) is 0 Å². The lowest BCUT2D eigenvalue weighted by atomic mass is 9.84. The Kier molecular flexibility index (Phi) is 6.53. The number of allylic oxidation sites excluding steroid dienone is 2. The van der Waals surface area contributed by atoms with Crippen LogP contribution < -0.4 is 0 Å². The number of aryl methyl sites for hydroxylation is 1. The Hall–Kier alpha value is -3.03. The third-order valence-corrected chi connectivity index (χ3v) is 5.87. The van der Waals surface area contributed by atoms with Crippen LogP contribution in [0.2, 0.25) is 0 Å². The molecule has 1 aromatic carbocycles. The Morgan fingerprint density at radius 2 is 1.97 bits per heavy atom. The van der Waals surface area contributed by atoms with Crippen molar-refractivity contribution < 1.29 is 29.0 Å². The molecule has 174 valence electrons. The van der Waals surface area contributed by atoms with Gasteiger partial charge in [-0.1, -0.05) is 29.4 Å². The lowest BCUT2D eigenvalue weighted by Crippen LogP contribution is -2.45. The minimum absolute atomic E-state index is 0.172. The summed E-state index contributed by atoms with van der Waals surface area (Å²) in [6.07, 6.45) is 0.910. The van der Waals surface area contributed by atoms with E-state index >= 15 is 0 Å². The molecule has 1 saturated heterocycles. The molecule has 8 nitrogen and oxygen atoms in total. The second-order valence-electron chi connectivity index (χ2n) is 9.44. The summed E-state index contributed by atoms with van der Waals surface area (Å²) in [4.78, 5) is 26.8. The first-order chi connectivity index (χ1) is 15.0. The molecule has 0 radical (unpaired) electrons. The number of likely N-dealkylation sites (tertiary alicyclic amines) is 1. The molecule has 1 fully saturated rings. The number of oxime groups is 1. The van der Waals surface area contributed by atoms with Gasteiger partial charge in [0.2, 0.25) is 0 Å². The van der Waals surface area contributed by atoms with Crippen LogP contribution in [-0.4, -0.2) is 58.8 Å². The number of hydrogen-bond donors (Lipinski definition) is 1. The van der Waals surface area contributed by atoms with Gasteiger partial charge in [-0.15, -0.1) is 0 Å². The molecule has 1 N–H and O–H groups in total.